The lowest BCUT2D eigenvalue weighted by Crippen LogP contribution is -2.60. The summed E-state index contributed by atoms with van der Waals surface area (Å²) in [6, 6.07) is 53.9. The Morgan fingerprint density at radius 3 is 2.28 bits per heavy atom. The van der Waals surface area contributed by atoms with E-state index in [1.54, 1.807) is 0 Å². The third-order valence-corrected chi connectivity index (χ3v) is 14.6. The molecule has 7 aromatic carbocycles. The fourth-order valence-electron chi connectivity index (χ4n) is 11.7. The maximum Gasteiger partial charge on any atom is 0.333 e. The van der Waals surface area contributed by atoms with Gasteiger partial charge in [-0.25, -0.2) is 4.98 Å². The molecule has 0 radical (unpaired) electrons. The van der Waals surface area contributed by atoms with Crippen LogP contribution in [0.25, 0.3) is 61.2 Å². The largest absolute Gasteiger partial charge is 0.436 e. The number of anilines is 4. The van der Waals surface area contributed by atoms with Gasteiger partial charge in [0.15, 0.2) is 5.58 Å². The first-order valence-corrected chi connectivity index (χ1v) is 20.9. The highest BCUT2D eigenvalue weighted by Crippen LogP contribution is 2.62. The molecule has 278 valence electrons. The molecule has 6 heteroatoms. The molecule has 0 N–H and O–H groups in total. The number of benzene rings is 7. The van der Waals surface area contributed by atoms with Gasteiger partial charge in [-0.3, -0.25) is 0 Å². The second-order valence-electron chi connectivity index (χ2n) is 17.5. The van der Waals surface area contributed by atoms with E-state index in [9.17, 15) is 0 Å². The molecule has 5 heterocycles. The number of nitrogens with zero attached hydrogens (tertiary/aromatic N) is 4. The number of aryl methyl sites for hydroxylation is 1. The second-order valence-corrected chi connectivity index (χ2v) is 17.5. The van der Waals surface area contributed by atoms with Crippen molar-refractivity contribution in [3.05, 3.63) is 157 Å². The standard InChI is InChI=1S/C52H41BN4O/c1-32-23-25-34(26-24-32)57-42-21-11-7-17-35(42)37-29-45(56-43-22-12-9-19-38(43)51(2)27-13-14-28-52(51,56)3)47-36-18-8-10-20-41(36)55-44-31-40-46(30-39(44)53(57)48(37)49(47)55)58-50(54-40)33-15-5-4-6-16-33/h4-12,15-26,29-31H,13-14,27-28H2,1-3H3. The molecule has 58 heavy (non-hydrogen) atoms. The molecule has 4 aliphatic rings. The van der Waals surface area contributed by atoms with Crippen LogP contribution >= 0.6 is 0 Å². The van der Waals surface area contributed by atoms with Crippen LogP contribution in [0, 0.1) is 6.92 Å². The monoisotopic (exact) mass is 748 g/mol. The lowest BCUT2D eigenvalue weighted by atomic mass is 9.44. The molecule has 1 fully saturated rings. The number of fused-ring (bicyclic) bond motifs is 12. The Hall–Kier alpha value is -6.53. The quantitative estimate of drug-likeness (QED) is 0.169. The first-order valence-electron chi connectivity index (χ1n) is 20.9. The fraction of sp³-hybridized carbons (Fsp3) is 0.173. The summed E-state index contributed by atoms with van der Waals surface area (Å²) in [6.07, 6.45) is 4.83. The van der Waals surface area contributed by atoms with Gasteiger partial charge in [-0.05, 0) is 109 Å². The molecule has 2 unspecified atom stereocenters. The van der Waals surface area contributed by atoms with Crippen molar-refractivity contribution in [2.75, 3.05) is 9.71 Å². The number of hydrogen-bond donors (Lipinski definition) is 0. The van der Waals surface area contributed by atoms with Crippen molar-refractivity contribution >= 4 is 73.4 Å². The van der Waals surface area contributed by atoms with Gasteiger partial charge in [-0.2, -0.15) is 0 Å². The van der Waals surface area contributed by atoms with E-state index < -0.39 is 0 Å². The molecular formula is C52H41BN4O. The predicted octanol–water partition coefficient (Wildman–Crippen LogP) is 11.9. The minimum atomic E-state index is -0.118. The summed E-state index contributed by atoms with van der Waals surface area (Å²) in [6.45, 7) is 7.15. The molecule has 2 aromatic heterocycles. The summed E-state index contributed by atoms with van der Waals surface area (Å²) in [4.78, 5) is 10.5. The highest BCUT2D eigenvalue weighted by Gasteiger charge is 2.58. The molecular weight excluding hydrogens is 707 g/mol. The minimum absolute atomic E-state index is 0.0316. The van der Waals surface area contributed by atoms with Gasteiger partial charge >= 0.3 is 6.85 Å². The average Bonchev–Trinajstić information content (AvgIpc) is 3.90. The summed E-state index contributed by atoms with van der Waals surface area (Å²) in [5.74, 6) is 0.641. The summed E-state index contributed by atoms with van der Waals surface area (Å²) >= 11 is 0. The Labute approximate surface area is 338 Å². The Kier molecular flexibility index (Phi) is 6.35. The number of oxazole rings is 1. The van der Waals surface area contributed by atoms with Crippen molar-refractivity contribution in [3.63, 3.8) is 0 Å². The van der Waals surface area contributed by atoms with Gasteiger partial charge in [-0.15, -0.1) is 0 Å². The molecule has 0 bridgehead atoms. The predicted molar refractivity (Wildman–Crippen MR) is 240 cm³/mol. The Morgan fingerprint density at radius 2 is 1.41 bits per heavy atom. The van der Waals surface area contributed by atoms with E-state index in [4.69, 9.17) is 9.40 Å². The first kappa shape index (κ1) is 32.5. The normalized spacial score (nSPS) is 20.1. The van der Waals surface area contributed by atoms with Crippen molar-refractivity contribution in [3.8, 4) is 28.3 Å². The first-order chi connectivity index (χ1) is 28.4. The van der Waals surface area contributed by atoms with Crippen LogP contribution in [0.1, 0.15) is 50.7 Å². The van der Waals surface area contributed by atoms with Crippen molar-refractivity contribution < 1.29 is 4.42 Å². The smallest absolute Gasteiger partial charge is 0.333 e. The number of rotatable bonds is 3. The molecule has 9 aromatic rings. The third-order valence-electron chi connectivity index (χ3n) is 14.6. The SMILES string of the molecule is Cc1ccc(N2B3c4cc5oc(-c6ccccc6)nc5cc4-n4c5ccccc5c5c(N6c7ccccc7C7(C)CCCCC67C)cc(c3c54)-c3ccccc32)cc1. The average molecular weight is 749 g/mol. The van der Waals surface area contributed by atoms with Gasteiger partial charge in [0, 0.05) is 50.1 Å². The van der Waals surface area contributed by atoms with E-state index in [1.165, 1.54) is 97.0 Å². The van der Waals surface area contributed by atoms with E-state index >= 15 is 0 Å². The number of hydrogen-bond acceptors (Lipinski definition) is 4. The number of para-hydroxylation sites is 3. The van der Waals surface area contributed by atoms with Crippen LogP contribution in [0.3, 0.4) is 0 Å². The van der Waals surface area contributed by atoms with Crippen molar-refractivity contribution in [1.29, 1.82) is 0 Å². The van der Waals surface area contributed by atoms with Crippen LogP contribution in [-0.4, -0.2) is 21.9 Å². The topological polar surface area (TPSA) is 37.4 Å². The van der Waals surface area contributed by atoms with E-state index in [0.29, 0.717) is 5.89 Å². The maximum atomic E-state index is 6.66. The van der Waals surface area contributed by atoms with Crippen LogP contribution in [-0.2, 0) is 5.41 Å². The molecule has 1 aliphatic carbocycles. The van der Waals surface area contributed by atoms with Gasteiger partial charge in [0.25, 0.3) is 0 Å². The molecule has 3 aliphatic heterocycles. The van der Waals surface area contributed by atoms with Crippen LogP contribution in [0.2, 0.25) is 0 Å². The zero-order chi connectivity index (χ0) is 38.5. The molecule has 5 nitrogen and oxygen atoms in total. The summed E-state index contributed by atoms with van der Waals surface area (Å²) in [7, 11) is 0. The third kappa shape index (κ3) is 4.00. The van der Waals surface area contributed by atoms with E-state index in [1.807, 2.05) is 18.2 Å². The van der Waals surface area contributed by atoms with Gasteiger partial charge < -0.3 is 18.7 Å². The van der Waals surface area contributed by atoms with Crippen molar-refractivity contribution in [2.24, 2.45) is 0 Å². The minimum Gasteiger partial charge on any atom is -0.436 e. The highest BCUT2D eigenvalue weighted by atomic mass is 16.3. The van der Waals surface area contributed by atoms with E-state index in [0.717, 1.165) is 28.8 Å². The Bertz CT molecular complexity index is 3200. The molecule has 0 spiro atoms. The number of aromatic nitrogens is 2. The maximum absolute atomic E-state index is 6.66. The summed E-state index contributed by atoms with van der Waals surface area (Å²) < 4.78 is 9.23. The fourth-order valence-corrected chi connectivity index (χ4v) is 11.7. The van der Waals surface area contributed by atoms with E-state index in [-0.39, 0.29) is 17.8 Å². The molecule has 1 saturated carbocycles. The highest BCUT2D eigenvalue weighted by molar-refractivity contribution is 6.94. The van der Waals surface area contributed by atoms with Crippen molar-refractivity contribution in [2.45, 2.75) is 57.4 Å². The molecule has 13 rings (SSSR count). The lowest BCUT2D eigenvalue weighted by Gasteiger charge is -2.51. The van der Waals surface area contributed by atoms with Gasteiger partial charge in [0.1, 0.15) is 5.52 Å². The zero-order valence-electron chi connectivity index (χ0n) is 33.0. The zero-order valence-corrected chi connectivity index (χ0v) is 33.0. The summed E-state index contributed by atoms with van der Waals surface area (Å²) in [5, 5.41) is 2.60. The molecule has 2 atom stereocenters. The Morgan fingerprint density at radius 1 is 0.672 bits per heavy atom. The van der Waals surface area contributed by atoms with Gasteiger partial charge in [0.05, 0.1) is 22.3 Å². The van der Waals surface area contributed by atoms with Crippen LogP contribution in [0.15, 0.2) is 150 Å². The second kappa shape index (κ2) is 11.3. The van der Waals surface area contributed by atoms with Gasteiger partial charge in [-0.1, -0.05) is 110 Å². The van der Waals surface area contributed by atoms with E-state index in [2.05, 4.69) is 162 Å². The molecule has 0 saturated heterocycles. The van der Waals surface area contributed by atoms with Gasteiger partial charge in [0.2, 0.25) is 5.89 Å². The summed E-state index contributed by atoms with van der Waals surface area (Å²) in [5.41, 5.74) is 19.1. The van der Waals surface area contributed by atoms with Crippen LogP contribution in [0.5, 0.6) is 0 Å². The van der Waals surface area contributed by atoms with Crippen LogP contribution in [0.4, 0.5) is 22.7 Å². The van der Waals surface area contributed by atoms with Crippen molar-refractivity contribution in [1.82, 2.24) is 9.55 Å². The Balaban J connectivity index is 1.20. The lowest BCUT2D eigenvalue weighted by molar-refractivity contribution is 0.195. The molecule has 0 amide bonds. The van der Waals surface area contributed by atoms with Crippen LogP contribution < -0.4 is 20.6 Å².